The van der Waals surface area contributed by atoms with Crippen LogP contribution in [0.1, 0.15) is 11.3 Å². The summed E-state index contributed by atoms with van der Waals surface area (Å²) in [5.74, 6) is 0. The van der Waals surface area contributed by atoms with E-state index in [0.29, 0.717) is 11.2 Å². The number of fused-ring (bicyclic) bond motifs is 1. The molecule has 0 unspecified atom stereocenters. The zero-order valence-corrected chi connectivity index (χ0v) is 15.4. The largest absolute Gasteiger partial charge is 0.305 e. The van der Waals surface area contributed by atoms with Gasteiger partial charge in [-0.15, -0.1) is 0 Å². The summed E-state index contributed by atoms with van der Waals surface area (Å²) in [4.78, 5) is 15.4. The quantitative estimate of drug-likeness (QED) is 0.540. The van der Waals surface area contributed by atoms with E-state index < -0.39 is 5.56 Å². The lowest BCUT2D eigenvalue weighted by Gasteiger charge is -2.08. The molecular weight excluding hydrogens is 392 g/mol. The average molecular weight is 405 g/mol. The predicted octanol–water partition coefficient (Wildman–Crippen LogP) is 4.32. The topological polar surface area (TPSA) is 74.5 Å². The summed E-state index contributed by atoms with van der Waals surface area (Å²) >= 11 is 3.42. The van der Waals surface area contributed by atoms with Crippen LogP contribution in [0.2, 0.25) is 0 Å². The van der Waals surface area contributed by atoms with E-state index in [1.165, 1.54) is 0 Å². The van der Waals surface area contributed by atoms with Crippen molar-refractivity contribution in [2.75, 3.05) is 0 Å². The molecule has 4 aromatic rings. The lowest BCUT2D eigenvalue weighted by Crippen LogP contribution is -2.13. The molecule has 0 radical (unpaired) electrons. The van der Waals surface area contributed by atoms with Crippen molar-refractivity contribution in [2.45, 2.75) is 6.92 Å². The first-order valence-corrected chi connectivity index (χ1v) is 8.76. The summed E-state index contributed by atoms with van der Waals surface area (Å²) in [6.07, 6.45) is 0. The molecule has 0 saturated carbocycles. The molecule has 0 aliphatic carbocycles. The highest BCUT2D eigenvalue weighted by Crippen LogP contribution is 2.33. The van der Waals surface area contributed by atoms with Gasteiger partial charge in [0.1, 0.15) is 17.3 Å². The van der Waals surface area contributed by atoms with Gasteiger partial charge in [-0.05, 0) is 36.8 Å². The van der Waals surface area contributed by atoms with E-state index in [1.54, 1.807) is 4.68 Å². The van der Waals surface area contributed by atoms with Crippen molar-refractivity contribution in [1.29, 1.82) is 5.26 Å². The highest BCUT2D eigenvalue weighted by Gasteiger charge is 2.20. The lowest BCUT2D eigenvalue weighted by atomic mass is 9.98. The Balaban J connectivity index is 2.14. The van der Waals surface area contributed by atoms with Gasteiger partial charge in [-0.2, -0.15) is 10.4 Å². The van der Waals surface area contributed by atoms with E-state index in [2.05, 4.69) is 32.1 Å². The SMILES string of the molecule is Cc1nn(-c2ccccc2)c2[nH]c(=O)c(C#N)c(-c3ccc(Br)cc3)c12. The number of benzene rings is 2. The Kier molecular flexibility index (Phi) is 3.94. The maximum Gasteiger partial charge on any atom is 0.268 e. The van der Waals surface area contributed by atoms with Crippen molar-refractivity contribution >= 4 is 27.0 Å². The molecule has 126 valence electrons. The van der Waals surface area contributed by atoms with Gasteiger partial charge in [0.25, 0.3) is 5.56 Å². The monoisotopic (exact) mass is 404 g/mol. The van der Waals surface area contributed by atoms with Crippen molar-refractivity contribution < 1.29 is 0 Å². The van der Waals surface area contributed by atoms with Crippen LogP contribution in [0.5, 0.6) is 0 Å². The number of aromatic nitrogens is 3. The Morgan fingerprint density at radius 1 is 1.12 bits per heavy atom. The van der Waals surface area contributed by atoms with Crippen molar-refractivity contribution in [2.24, 2.45) is 0 Å². The van der Waals surface area contributed by atoms with E-state index in [4.69, 9.17) is 0 Å². The number of aromatic amines is 1. The summed E-state index contributed by atoms with van der Waals surface area (Å²) in [6.45, 7) is 1.88. The van der Waals surface area contributed by atoms with Gasteiger partial charge >= 0.3 is 0 Å². The molecule has 4 rings (SSSR count). The zero-order valence-electron chi connectivity index (χ0n) is 13.8. The van der Waals surface area contributed by atoms with E-state index in [1.807, 2.05) is 61.5 Å². The number of hydrogen-bond acceptors (Lipinski definition) is 3. The Hall–Kier alpha value is -3.17. The fourth-order valence-electron chi connectivity index (χ4n) is 3.12. The molecule has 2 aromatic carbocycles. The molecule has 0 fully saturated rings. The van der Waals surface area contributed by atoms with Crippen LogP contribution in [0.15, 0.2) is 63.9 Å². The first-order valence-electron chi connectivity index (χ1n) is 7.97. The molecule has 0 saturated heterocycles. The van der Waals surface area contributed by atoms with Crippen LogP contribution < -0.4 is 5.56 Å². The summed E-state index contributed by atoms with van der Waals surface area (Å²) in [7, 11) is 0. The second-order valence-corrected chi connectivity index (χ2v) is 6.79. The molecule has 0 atom stereocenters. The maximum absolute atomic E-state index is 12.6. The Labute approximate surface area is 157 Å². The van der Waals surface area contributed by atoms with Gasteiger partial charge in [-0.3, -0.25) is 4.79 Å². The molecule has 0 bridgehead atoms. The average Bonchev–Trinajstić information content (AvgIpc) is 2.98. The van der Waals surface area contributed by atoms with Gasteiger partial charge in [-0.25, -0.2) is 4.68 Å². The van der Waals surface area contributed by atoms with Gasteiger partial charge < -0.3 is 4.98 Å². The molecular formula is C20H13BrN4O. The minimum atomic E-state index is -0.421. The molecule has 26 heavy (non-hydrogen) atoms. The number of para-hydroxylation sites is 1. The number of nitrogens with one attached hydrogen (secondary N) is 1. The lowest BCUT2D eigenvalue weighted by molar-refractivity contribution is 0.875. The molecule has 0 aliphatic rings. The number of nitriles is 1. The zero-order chi connectivity index (χ0) is 18.3. The number of nitrogens with zero attached hydrogens (tertiary/aromatic N) is 3. The van der Waals surface area contributed by atoms with Gasteiger partial charge in [0, 0.05) is 15.4 Å². The fraction of sp³-hybridized carbons (Fsp3) is 0.0500. The summed E-state index contributed by atoms with van der Waals surface area (Å²) in [6, 6.07) is 19.2. The summed E-state index contributed by atoms with van der Waals surface area (Å²) in [5.41, 5.74) is 3.25. The molecule has 0 spiro atoms. The molecule has 1 N–H and O–H groups in total. The molecule has 2 heterocycles. The van der Waals surface area contributed by atoms with Crippen molar-refractivity contribution in [3.63, 3.8) is 0 Å². The number of pyridine rings is 1. The highest BCUT2D eigenvalue weighted by molar-refractivity contribution is 9.10. The number of halogens is 1. The van der Waals surface area contributed by atoms with Crippen LogP contribution in [-0.2, 0) is 0 Å². The second-order valence-electron chi connectivity index (χ2n) is 5.88. The normalized spacial score (nSPS) is 10.8. The highest BCUT2D eigenvalue weighted by atomic mass is 79.9. The second kappa shape index (κ2) is 6.28. The van der Waals surface area contributed by atoms with Crippen LogP contribution in [-0.4, -0.2) is 14.8 Å². The van der Waals surface area contributed by atoms with Gasteiger partial charge in [0.15, 0.2) is 0 Å². The van der Waals surface area contributed by atoms with Crippen molar-refractivity contribution in [1.82, 2.24) is 14.8 Å². The van der Waals surface area contributed by atoms with E-state index in [9.17, 15) is 10.1 Å². The number of aryl methyl sites for hydroxylation is 1. The molecule has 5 nitrogen and oxygen atoms in total. The van der Waals surface area contributed by atoms with E-state index in [0.717, 1.165) is 26.8 Å². The number of H-pyrrole nitrogens is 1. The van der Waals surface area contributed by atoms with Gasteiger partial charge in [0.05, 0.1) is 11.4 Å². The summed E-state index contributed by atoms with van der Waals surface area (Å²) in [5, 5.41) is 15.0. The fourth-order valence-corrected chi connectivity index (χ4v) is 3.38. The van der Waals surface area contributed by atoms with Crippen LogP contribution in [0.25, 0.3) is 27.8 Å². The molecule has 0 aliphatic heterocycles. The van der Waals surface area contributed by atoms with E-state index >= 15 is 0 Å². The molecule has 6 heteroatoms. The third-order valence-electron chi connectivity index (χ3n) is 4.26. The van der Waals surface area contributed by atoms with E-state index in [-0.39, 0.29) is 5.56 Å². The summed E-state index contributed by atoms with van der Waals surface area (Å²) < 4.78 is 2.63. The smallest absolute Gasteiger partial charge is 0.268 e. The van der Waals surface area contributed by atoms with Crippen LogP contribution in [0, 0.1) is 18.3 Å². The van der Waals surface area contributed by atoms with Gasteiger partial charge in [-0.1, -0.05) is 46.3 Å². The minimum Gasteiger partial charge on any atom is -0.305 e. The van der Waals surface area contributed by atoms with Crippen molar-refractivity contribution in [3.8, 4) is 22.9 Å². The predicted molar refractivity (Wildman–Crippen MR) is 104 cm³/mol. The number of rotatable bonds is 2. The van der Waals surface area contributed by atoms with Crippen LogP contribution >= 0.6 is 15.9 Å². The van der Waals surface area contributed by atoms with Gasteiger partial charge in [0.2, 0.25) is 0 Å². The first-order chi connectivity index (χ1) is 12.6. The third kappa shape index (κ3) is 2.54. The molecule has 2 aromatic heterocycles. The van der Waals surface area contributed by atoms with Crippen molar-refractivity contribution in [3.05, 3.63) is 80.7 Å². The first kappa shape index (κ1) is 16.3. The Morgan fingerprint density at radius 2 is 1.81 bits per heavy atom. The Bertz CT molecular complexity index is 1220. The number of hydrogen-bond donors (Lipinski definition) is 1. The third-order valence-corrected chi connectivity index (χ3v) is 4.79. The maximum atomic E-state index is 12.6. The van der Waals surface area contributed by atoms with Crippen LogP contribution in [0.3, 0.4) is 0 Å². The van der Waals surface area contributed by atoms with Crippen LogP contribution in [0.4, 0.5) is 0 Å². The minimum absolute atomic E-state index is 0.0931. The Morgan fingerprint density at radius 3 is 2.46 bits per heavy atom. The standard InChI is InChI=1S/C20H13BrN4O/c1-12-17-18(13-7-9-14(21)10-8-13)16(11-22)20(26)23-19(17)25(24-12)15-5-3-2-4-6-15/h2-10H,1H3,(H,23,26). The molecule has 0 amide bonds.